The number of benzene rings is 1. The van der Waals surface area contributed by atoms with E-state index >= 15 is 0 Å². The summed E-state index contributed by atoms with van der Waals surface area (Å²) in [5.41, 5.74) is 1.44. The Labute approximate surface area is 116 Å². The number of rotatable bonds is 4. The van der Waals surface area contributed by atoms with Crippen LogP contribution in [0.4, 0.5) is 5.69 Å². The van der Waals surface area contributed by atoms with Crippen LogP contribution in [0.3, 0.4) is 0 Å². The predicted octanol–water partition coefficient (Wildman–Crippen LogP) is 4.45. The van der Waals surface area contributed by atoms with Gasteiger partial charge < -0.3 is 5.32 Å². The Morgan fingerprint density at radius 3 is 2.67 bits per heavy atom. The highest BCUT2D eigenvalue weighted by atomic mass is 35.5. The summed E-state index contributed by atoms with van der Waals surface area (Å²) in [5.74, 6) is 0. The zero-order valence-electron chi connectivity index (χ0n) is 10.0. The molecule has 0 saturated carbocycles. The van der Waals surface area contributed by atoms with Crippen LogP contribution in [0.1, 0.15) is 22.2 Å². The Morgan fingerprint density at radius 1 is 1.28 bits per heavy atom. The summed E-state index contributed by atoms with van der Waals surface area (Å²) >= 11 is 7.90. The highest BCUT2D eigenvalue weighted by molar-refractivity contribution is 7.12. The van der Waals surface area contributed by atoms with Gasteiger partial charge in [-0.1, -0.05) is 18.5 Å². The van der Waals surface area contributed by atoms with Gasteiger partial charge in [0.1, 0.15) is 0 Å². The van der Waals surface area contributed by atoms with Gasteiger partial charge in [-0.3, -0.25) is 0 Å². The molecule has 0 bridgehead atoms. The van der Waals surface area contributed by atoms with E-state index in [0.717, 1.165) is 18.7 Å². The Balaban J connectivity index is 2.04. The van der Waals surface area contributed by atoms with Gasteiger partial charge in [-0.25, -0.2) is 0 Å². The van der Waals surface area contributed by atoms with E-state index < -0.39 is 0 Å². The van der Waals surface area contributed by atoms with Crippen LogP contribution < -0.4 is 5.32 Å². The molecule has 2 rings (SSSR count). The molecule has 1 heterocycles. The minimum atomic E-state index is 0.579. The summed E-state index contributed by atoms with van der Waals surface area (Å²) in [6, 6.07) is 11.6. The van der Waals surface area contributed by atoms with Crippen molar-refractivity contribution in [1.29, 1.82) is 5.26 Å². The smallest absolute Gasteiger partial charge is 0.0992 e. The Hall–Kier alpha value is -1.50. The number of anilines is 1. The Bertz CT molecular complexity index is 584. The van der Waals surface area contributed by atoms with Crippen molar-refractivity contribution in [2.24, 2.45) is 0 Å². The average Bonchev–Trinajstić information content (AvgIpc) is 2.85. The quantitative estimate of drug-likeness (QED) is 0.896. The topological polar surface area (TPSA) is 35.8 Å². The lowest BCUT2D eigenvalue weighted by atomic mass is 10.2. The number of hydrogen-bond acceptors (Lipinski definition) is 3. The number of halogens is 1. The molecule has 0 aliphatic rings. The van der Waals surface area contributed by atoms with E-state index in [0.29, 0.717) is 10.6 Å². The van der Waals surface area contributed by atoms with E-state index in [4.69, 9.17) is 16.9 Å². The number of aryl methyl sites for hydroxylation is 1. The van der Waals surface area contributed by atoms with E-state index in [2.05, 4.69) is 30.4 Å². The van der Waals surface area contributed by atoms with Crippen molar-refractivity contribution >= 4 is 28.6 Å². The molecule has 0 radical (unpaired) electrons. The van der Waals surface area contributed by atoms with Gasteiger partial charge >= 0.3 is 0 Å². The second-order valence-corrected chi connectivity index (χ2v) is 5.54. The van der Waals surface area contributed by atoms with Crippen molar-refractivity contribution in [3.05, 3.63) is 50.7 Å². The summed E-state index contributed by atoms with van der Waals surface area (Å²) < 4.78 is 0. The maximum atomic E-state index is 8.76. The molecule has 0 saturated heterocycles. The van der Waals surface area contributed by atoms with Crippen LogP contribution in [0.5, 0.6) is 0 Å². The molecule has 1 aromatic carbocycles. The van der Waals surface area contributed by atoms with Gasteiger partial charge in [-0.05, 0) is 36.8 Å². The first-order chi connectivity index (χ1) is 8.72. The fourth-order valence-electron chi connectivity index (χ4n) is 1.62. The van der Waals surface area contributed by atoms with Crippen LogP contribution in [0.25, 0.3) is 0 Å². The van der Waals surface area contributed by atoms with Crippen molar-refractivity contribution in [3.8, 4) is 6.07 Å². The zero-order chi connectivity index (χ0) is 13.0. The molecule has 92 valence electrons. The summed E-state index contributed by atoms with van der Waals surface area (Å²) in [7, 11) is 0. The third-order valence-electron chi connectivity index (χ3n) is 2.62. The highest BCUT2D eigenvalue weighted by Crippen LogP contribution is 2.24. The molecule has 2 aromatic rings. The van der Waals surface area contributed by atoms with Gasteiger partial charge in [0.25, 0.3) is 0 Å². The molecule has 0 spiro atoms. The maximum Gasteiger partial charge on any atom is 0.0992 e. The van der Waals surface area contributed by atoms with Crippen molar-refractivity contribution in [2.75, 3.05) is 5.32 Å². The number of thiophene rings is 1. The summed E-state index contributed by atoms with van der Waals surface area (Å²) in [4.78, 5) is 2.67. The fourth-order valence-corrected chi connectivity index (χ4v) is 2.76. The molecule has 0 atom stereocenters. The number of hydrogen-bond donors (Lipinski definition) is 1. The van der Waals surface area contributed by atoms with Crippen LogP contribution in [0.2, 0.25) is 5.02 Å². The SMILES string of the molecule is CCc1ccc(CNc2ccc(C#N)cc2Cl)s1. The van der Waals surface area contributed by atoms with Gasteiger partial charge in [0, 0.05) is 16.3 Å². The number of nitriles is 1. The second kappa shape index (κ2) is 5.90. The average molecular weight is 277 g/mol. The Morgan fingerprint density at radius 2 is 2.06 bits per heavy atom. The monoisotopic (exact) mass is 276 g/mol. The first kappa shape index (κ1) is 12.9. The summed E-state index contributed by atoms with van der Waals surface area (Å²) in [5, 5.41) is 12.6. The minimum absolute atomic E-state index is 0.579. The van der Waals surface area contributed by atoms with Gasteiger partial charge in [-0.2, -0.15) is 5.26 Å². The van der Waals surface area contributed by atoms with Crippen LogP contribution >= 0.6 is 22.9 Å². The lowest BCUT2D eigenvalue weighted by Gasteiger charge is -2.07. The van der Waals surface area contributed by atoms with E-state index in [1.807, 2.05) is 17.4 Å². The normalized spacial score (nSPS) is 10.1. The third kappa shape index (κ3) is 3.04. The standard InChI is InChI=1S/C14H13ClN2S/c1-2-11-4-5-12(18-11)9-17-14-6-3-10(8-16)7-13(14)15/h3-7,17H,2,9H2,1H3. The zero-order valence-corrected chi connectivity index (χ0v) is 11.6. The van der Waals surface area contributed by atoms with Crippen molar-refractivity contribution in [1.82, 2.24) is 0 Å². The highest BCUT2D eigenvalue weighted by Gasteiger charge is 2.03. The fraction of sp³-hybridized carbons (Fsp3) is 0.214. The largest absolute Gasteiger partial charge is 0.379 e. The molecule has 1 N–H and O–H groups in total. The van der Waals surface area contributed by atoms with Crippen molar-refractivity contribution in [2.45, 2.75) is 19.9 Å². The molecular weight excluding hydrogens is 264 g/mol. The molecule has 0 unspecified atom stereocenters. The lowest BCUT2D eigenvalue weighted by molar-refractivity contribution is 1.19. The lowest BCUT2D eigenvalue weighted by Crippen LogP contribution is -1.98. The second-order valence-electron chi connectivity index (χ2n) is 3.88. The predicted molar refractivity (Wildman–Crippen MR) is 77.2 cm³/mol. The van der Waals surface area contributed by atoms with Crippen LogP contribution in [0, 0.1) is 11.3 Å². The van der Waals surface area contributed by atoms with E-state index in [1.54, 1.807) is 12.1 Å². The van der Waals surface area contributed by atoms with Gasteiger partial charge in [0.2, 0.25) is 0 Å². The molecule has 18 heavy (non-hydrogen) atoms. The van der Waals surface area contributed by atoms with Gasteiger partial charge in [0.15, 0.2) is 0 Å². The molecule has 0 aliphatic heterocycles. The molecule has 1 aromatic heterocycles. The molecule has 0 aliphatic carbocycles. The Kier molecular flexibility index (Phi) is 4.24. The van der Waals surface area contributed by atoms with E-state index in [-0.39, 0.29) is 0 Å². The van der Waals surface area contributed by atoms with Gasteiger partial charge in [-0.15, -0.1) is 11.3 Å². The van der Waals surface area contributed by atoms with Crippen LogP contribution in [0.15, 0.2) is 30.3 Å². The van der Waals surface area contributed by atoms with Crippen LogP contribution in [-0.4, -0.2) is 0 Å². The molecule has 0 fully saturated rings. The summed E-state index contributed by atoms with van der Waals surface area (Å²) in [6.07, 6.45) is 1.07. The van der Waals surface area contributed by atoms with Crippen molar-refractivity contribution < 1.29 is 0 Å². The van der Waals surface area contributed by atoms with E-state index in [1.165, 1.54) is 9.75 Å². The minimum Gasteiger partial charge on any atom is -0.379 e. The van der Waals surface area contributed by atoms with Crippen molar-refractivity contribution in [3.63, 3.8) is 0 Å². The molecule has 4 heteroatoms. The number of nitrogens with one attached hydrogen (secondary N) is 1. The molecule has 2 nitrogen and oxygen atoms in total. The molecule has 0 amide bonds. The first-order valence-electron chi connectivity index (χ1n) is 5.74. The number of nitrogens with zero attached hydrogens (tertiary/aromatic N) is 1. The van der Waals surface area contributed by atoms with E-state index in [9.17, 15) is 0 Å². The van der Waals surface area contributed by atoms with Gasteiger partial charge in [0.05, 0.1) is 22.3 Å². The molecular formula is C14H13ClN2S. The summed E-state index contributed by atoms with van der Waals surface area (Å²) in [6.45, 7) is 2.91. The first-order valence-corrected chi connectivity index (χ1v) is 6.93. The van der Waals surface area contributed by atoms with Crippen LogP contribution in [-0.2, 0) is 13.0 Å². The maximum absolute atomic E-state index is 8.76. The third-order valence-corrected chi connectivity index (χ3v) is 4.16.